The molecule has 21 heavy (non-hydrogen) atoms. The van der Waals surface area contributed by atoms with Crippen LogP contribution in [0, 0.1) is 0 Å². The normalized spacial score (nSPS) is 10.2. The van der Waals surface area contributed by atoms with E-state index < -0.39 is 0 Å². The number of anilines is 3. The molecule has 0 fully saturated rings. The maximum atomic E-state index is 5.94. The summed E-state index contributed by atoms with van der Waals surface area (Å²) in [5.41, 5.74) is 8.20. The van der Waals surface area contributed by atoms with Crippen LogP contribution in [-0.4, -0.2) is 13.2 Å². The lowest BCUT2D eigenvalue weighted by Crippen LogP contribution is -2.00. The van der Waals surface area contributed by atoms with Gasteiger partial charge < -0.3 is 20.5 Å². The second kappa shape index (κ2) is 7.09. The van der Waals surface area contributed by atoms with Crippen molar-refractivity contribution in [1.82, 2.24) is 0 Å². The quantitative estimate of drug-likeness (QED) is 0.773. The fourth-order valence-corrected chi connectivity index (χ4v) is 2.11. The zero-order valence-corrected chi connectivity index (χ0v) is 12.9. The molecule has 112 valence electrons. The van der Waals surface area contributed by atoms with Gasteiger partial charge in [0.05, 0.1) is 24.6 Å². The number of hydrogen-bond acceptors (Lipinski definition) is 4. The zero-order valence-electron chi connectivity index (χ0n) is 12.2. The van der Waals surface area contributed by atoms with E-state index >= 15 is 0 Å². The van der Waals surface area contributed by atoms with Gasteiger partial charge in [0, 0.05) is 16.8 Å². The molecule has 0 bridgehead atoms. The molecule has 0 saturated carbocycles. The predicted molar refractivity (Wildman–Crippen MR) is 87.9 cm³/mol. The van der Waals surface area contributed by atoms with Gasteiger partial charge in [-0.2, -0.15) is 0 Å². The molecule has 2 aromatic rings. The Hall–Kier alpha value is -2.07. The Morgan fingerprint density at radius 3 is 2.38 bits per heavy atom. The Morgan fingerprint density at radius 2 is 1.71 bits per heavy atom. The lowest BCUT2D eigenvalue weighted by atomic mass is 10.2. The number of rotatable bonds is 6. The van der Waals surface area contributed by atoms with Crippen molar-refractivity contribution in [2.75, 3.05) is 24.3 Å². The molecule has 0 unspecified atom stereocenters. The molecule has 0 radical (unpaired) electrons. The van der Waals surface area contributed by atoms with Crippen LogP contribution in [0.15, 0.2) is 36.4 Å². The van der Waals surface area contributed by atoms with E-state index in [0.717, 1.165) is 17.1 Å². The van der Waals surface area contributed by atoms with Gasteiger partial charge in [0.1, 0.15) is 0 Å². The van der Waals surface area contributed by atoms with Gasteiger partial charge in [-0.15, -0.1) is 0 Å². The molecule has 2 rings (SSSR count). The SMILES string of the molecule is CCOc1ccc(Nc2ccc(Cl)cc2N)cc1OCC. The molecule has 0 saturated heterocycles. The number of ether oxygens (including phenoxy) is 2. The zero-order chi connectivity index (χ0) is 15.2. The summed E-state index contributed by atoms with van der Waals surface area (Å²) in [6.07, 6.45) is 0. The van der Waals surface area contributed by atoms with Gasteiger partial charge in [-0.05, 0) is 44.2 Å². The van der Waals surface area contributed by atoms with E-state index in [-0.39, 0.29) is 0 Å². The number of nitrogen functional groups attached to an aromatic ring is 1. The Balaban J connectivity index is 2.25. The molecule has 0 atom stereocenters. The molecular formula is C16H19ClN2O2. The topological polar surface area (TPSA) is 56.5 Å². The molecule has 0 amide bonds. The molecule has 0 heterocycles. The van der Waals surface area contributed by atoms with Gasteiger partial charge in [-0.1, -0.05) is 11.6 Å². The van der Waals surface area contributed by atoms with Gasteiger partial charge in [-0.3, -0.25) is 0 Å². The van der Waals surface area contributed by atoms with Crippen LogP contribution in [0.2, 0.25) is 5.02 Å². The summed E-state index contributed by atoms with van der Waals surface area (Å²) >= 11 is 5.90. The minimum atomic E-state index is 0.576. The molecular weight excluding hydrogens is 288 g/mol. The third kappa shape index (κ3) is 3.95. The molecule has 0 aliphatic carbocycles. The highest BCUT2D eigenvalue weighted by atomic mass is 35.5. The second-order valence-corrected chi connectivity index (χ2v) is 4.82. The fraction of sp³-hybridized carbons (Fsp3) is 0.250. The molecule has 4 nitrogen and oxygen atoms in total. The standard InChI is InChI=1S/C16H19ClN2O2/c1-3-20-15-8-6-12(10-16(15)21-4-2)19-14-7-5-11(17)9-13(14)18/h5-10,19H,3-4,18H2,1-2H3. The summed E-state index contributed by atoms with van der Waals surface area (Å²) in [6, 6.07) is 11.0. The highest BCUT2D eigenvalue weighted by Crippen LogP contribution is 2.33. The maximum Gasteiger partial charge on any atom is 0.163 e. The summed E-state index contributed by atoms with van der Waals surface area (Å²) in [7, 11) is 0. The van der Waals surface area contributed by atoms with E-state index in [9.17, 15) is 0 Å². The number of benzene rings is 2. The molecule has 5 heteroatoms. The minimum absolute atomic E-state index is 0.576. The summed E-state index contributed by atoms with van der Waals surface area (Å²) in [4.78, 5) is 0. The first-order valence-electron chi connectivity index (χ1n) is 6.85. The van der Waals surface area contributed by atoms with E-state index in [4.69, 9.17) is 26.8 Å². The van der Waals surface area contributed by atoms with E-state index in [1.54, 1.807) is 12.1 Å². The Bertz CT molecular complexity index is 617. The van der Waals surface area contributed by atoms with Crippen molar-refractivity contribution < 1.29 is 9.47 Å². The van der Waals surface area contributed by atoms with Crippen molar-refractivity contribution in [3.63, 3.8) is 0 Å². The number of nitrogens with two attached hydrogens (primary N) is 1. The highest BCUT2D eigenvalue weighted by molar-refractivity contribution is 6.31. The van der Waals surface area contributed by atoms with Crippen LogP contribution in [0.4, 0.5) is 17.1 Å². The second-order valence-electron chi connectivity index (χ2n) is 4.38. The summed E-state index contributed by atoms with van der Waals surface area (Å²) in [5, 5.41) is 3.86. The molecule has 3 N–H and O–H groups in total. The smallest absolute Gasteiger partial charge is 0.163 e. The van der Waals surface area contributed by atoms with Gasteiger partial charge >= 0.3 is 0 Å². The molecule has 0 spiro atoms. The van der Waals surface area contributed by atoms with Crippen molar-refractivity contribution in [3.8, 4) is 11.5 Å². The summed E-state index contributed by atoms with van der Waals surface area (Å²) in [5.74, 6) is 1.44. The average Bonchev–Trinajstić information content (AvgIpc) is 2.45. The fourth-order valence-electron chi connectivity index (χ4n) is 1.93. The third-order valence-electron chi connectivity index (χ3n) is 2.84. The Kier molecular flexibility index (Phi) is 5.17. The monoisotopic (exact) mass is 306 g/mol. The van der Waals surface area contributed by atoms with Crippen molar-refractivity contribution >= 4 is 28.7 Å². The van der Waals surface area contributed by atoms with Crippen LogP contribution in [0.25, 0.3) is 0 Å². The first-order chi connectivity index (χ1) is 10.1. The van der Waals surface area contributed by atoms with Crippen molar-refractivity contribution in [1.29, 1.82) is 0 Å². The Labute approximate surface area is 129 Å². The van der Waals surface area contributed by atoms with Crippen LogP contribution >= 0.6 is 11.6 Å². The number of nitrogens with one attached hydrogen (secondary N) is 1. The molecule has 0 aliphatic heterocycles. The highest BCUT2D eigenvalue weighted by Gasteiger charge is 2.07. The predicted octanol–water partition coefficient (Wildman–Crippen LogP) is 4.46. The van der Waals surface area contributed by atoms with E-state index in [1.807, 2.05) is 38.1 Å². The van der Waals surface area contributed by atoms with Crippen LogP contribution in [0.1, 0.15) is 13.8 Å². The van der Waals surface area contributed by atoms with Gasteiger partial charge in [0.15, 0.2) is 11.5 Å². The van der Waals surface area contributed by atoms with Gasteiger partial charge in [0.25, 0.3) is 0 Å². The third-order valence-corrected chi connectivity index (χ3v) is 3.07. The minimum Gasteiger partial charge on any atom is -0.490 e. The number of halogens is 1. The van der Waals surface area contributed by atoms with E-state index in [1.165, 1.54) is 0 Å². The van der Waals surface area contributed by atoms with Crippen molar-refractivity contribution in [2.24, 2.45) is 0 Å². The van der Waals surface area contributed by atoms with Gasteiger partial charge in [0.2, 0.25) is 0 Å². The van der Waals surface area contributed by atoms with Crippen molar-refractivity contribution in [2.45, 2.75) is 13.8 Å². The van der Waals surface area contributed by atoms with Crippen LogP contribution in [0.5, 0.6) is 11.5 Å². The molecule has 0 aromatic heterocycles. The van der Waals surface area contributed by atoms with Crippen LogP contribution < -0.4 is 20.5 Å². The first kappa shape index (κ1) is 15.3. The lowest BCUT2D eigenvalue weighted by molar-refractivity contribution is 0.288. The lowest BCUT2D eigenvalue weighted by Gasteiger charge is -2.14. The largest absolute Gasteiger partial charge is 0.490 e. The van der Waals surface area contributed by atoms with E-state index in [0.29, 0.717) is 29.7 Å². The Morgan fingerprint density at radius 1 is 1.00 bits per heavy atom. The maximum absolute atomic E-state index is 5.94. The van der Waals surface area contributed by atoms with Crippen molar-refractivity contribution in [3.05, 3.63) is 41.4 Å². The number of hydrogen-bond donors (Lipinski definition) is 2. The summed E-state index contributed by atoms with van der Waals surface area (Å²) in [6.45, 7) is 5.05. The van der Waals surface area contributed by atoms with E-state index in [2.05, 4.69) is 5.32 Å². The van der Waals surface area contributed by atoms with Crippen LogP contribution in [-0.2, 0) is 0 Å². The molecule has 0 aliphatic rings. The first-order valence-corrected chi connectivity index (χ1v) is 7.23. The van der Waals surface area contributed by atoms with Crippen LogP contribution in [0.3, 0.4) is 0 Å². The molecule has 2 aromatic carbocycles. The average molecular weight is 307 g/mol. The summed E-state index contributed by atoms with van der Waals surface area (Å²) < 4.78 is 11.1. The van der Waals surface area contributed by atoms with Gasteiger partial charge in [-0.25, -0.2) is 0 Å².